The van der Waals surface area contributed by atoms with Crippen LogP contribution in [0.5, 0.6) is 0 Å². The molecule has 1 saturated heterocycles. The molecule has 0 saturated carbocycles. The first kappa shape index (κ1) is 24.2. The van der Waals surface area contributed by atoms with E-state index in [4.69, 9.17) is 9.16 Å². The van der Waals surface area contributed by atoms with Crippen LogP contribution >= 0.6 is 0 Å². The molecule has 3 rings (SSSR count). The molecule has 0 bridgehead atoms. The van der Waals surface area contributed by atoms with E-state index in [0.717, 1.165) is 11.1 Å². The van der Waals surface area contributed by atoms with Gasteiger partial charge in [0.25, 0.3) is 0 Å². The molecule has 2 aromatic rings. The Hall–Kier alpha value is -2.44. The number of cyclic esters (lactones) is 1. The van der Waals surface area contributed by atoms with Gasteiger partial charge < -0.3 is 9.16 Å². The predicted octanol–water partition coefficient (Wildman–Crippen LogP) is 5.98. The second-order valence-corrected chi connectivity index (χ2v) is 14.9. The summed E-state index contributed by atoms with van der Waals surface area (Å²) >= 11 is 0. The van der Waals surface area contributed by atoms with Crippen LogP contribution in [0.4, 0.5) is 4.79 Å². The van der Waals surface area contributed by atoms with Crippen LogP contribution in [0, 0.1) is 5.92 Å². The summed E-state index contributed by atoms with van der Waals surface area (Å²) < 4.78 is 12.1. The van der Waals surface area contributed by atoms with E-state index in [1.54, 1.807) is 0 Å². The van der Waals surface area contributed by atoms with E-state index in [-0.39, 0.29) is 23.6 Å². The smallest absolute Gasteiger partial charge is 0.416 e. The molecule has 1 aliphatic rings. The van der Waals surface area contributed by atoms with Crippen LogP contribution in [0.3, 0.4) is 0 Å². The fraction of sp³-hybridized carbons (Fsp3) is 0.462. The number of carbonyl (C=O) groups is 2. The third kappa shape index (κ3) is 5.30. The number of benzene rings is 2. The second kappa shape index (κ2) is 9.59. The van der Waals surface area contributed by atoms with Gasteiger partial charge in [-0.05, 0) is 35.7 Å². The van der Waals surface area contributed by atoms with Crippen molar-refractivity contribution < 1.29 is 18.8 Å². The number of rotatable bonds is 7. The molecule has 0 aliphatic carbocycles. The maximum atomic E-state index is 13.7. The lowest BCUT2D eigenvalue weighted by atomic mass is 9.95. The highest BCUT2D eigenvalue weighted by molar-refractivity contribution is 6.74. The van der Waals surface area contributed by atoms with Crippen LogP contribution in [0.25, 0.3) is 0 Å². The lowest BCUT2D eigenvalue weighted by Crippen LogP contribution is -2.47. The van der Waals surface area contributed by atoms with Gasteiger partial charge in [0.2, 0.25) is 5.91 Å². The average molecular weight is 454 g/mol. The summed E-state index contributed by atoms with van der Waals surface area (Å²) in [6.45, 7) is 13.0. The Morgan fingerprint density at radius 2 is 1.66 bits per heavy atom. The van der Waals surface area contributed by atoms with E-state index in [0.29, 0.717) is 6.42 Å². The SMILES string of the molecule is C[C@@H](C(=O)N1C(=O)OC[C@@H]1Cc1ccccc1)[C@@H](O[Si](C)(C)C(C)(C)C)c1ccccc1. The summed E-state index contributed by atoms with van der Waals surface area (Å²) in [5.74, 6) is -0.781. The minimum atomic E-state index is -2.18. The first-order chi connectivity index (χ1) is 15.0. The summed E-state index contributed by atoms with van der Waals surface area (Å²) in [4.78, 5) is 27.6. The van der Waals surface area contributed by atoms with Crippen molar-refractivity contribution in [2.24, 2.45) is 5.92 Å². The van der Waals surface area contributed by atoms with Crippen molar-refractivity contribution in [1.82, 2.24) is 4.90 Å². The molecule has 0 spiro atoms. The monoisotopic (exact) mass is 453 g/mol. The van der Waals surface area contributed by atoms with Gasteiger partial charge >= 0.3 is 6.09 Å². The first-order valence-electron chi connectivity index (χ1n) is 11.3. The van der Waals surface area contributed by atoms with Gasteiger partial charge in [0.1, 0.15) is 6.61 Å². The maximum Gasteiger partial charge on any atom is 0.416 e. The molecule has 172 valence electrons. The van der Waals surface area contributed by atoms with Crippen LogP contribution in [0.1, 0.15) is 44.9 Å². The first-order valence-corrected chi connectivity index (χ1v) is 14.2. The molecule has 1 aliphatic heterocycles. The highest BCUT2D eigenvalue weighted by atomic mass is 28.4. The molecular formula is C26H35NO4Si. The number of imide groups is 1. The lowest BCUT2D eigenvalue weighted by Gasteiger charge is -2.41. The maximum absolute atomic E-state index is 13.7. The Bertz CT molecular complexity index is 924. The largest absolute Gasteiger partial charge is 0.447 e. The number of nitrogens with zero attached hydrogens (tertiary/aromatic N) is 1. The zero-order valence-corrected chi connectivity index (χ0v) is 21.0. The molecule has 0 unspecified atom stereocenters. The topological polar surface area (TPSA) is 55.8 Å². The number of hydrogen-bond acceptors (Lipinski definition) is 4. The molecule has 2 amide bonds. The highest BCUT2D eigenvalue weighted by Crippen LogP contribution is 2.42. The van der Waals surface area contributed by atoms with Gasteiger partial charge in [-0.15, -0.1) is 0 Å². The Morgan fingerprint density at radius 3 is 2.22 bits per heavy atom. The van der Waals surface area contributed by atoms with Gasteiger partial charge in [0.05, 0.1) is 18.1 Å². The third-order valence-electron chi connectivity index (χ3n) is 6.71. The molecule has 5 nitrogen and oxygen atoms in total. The number of hydrogen-bond donors (Lipinski definition) is 0. The van der Waals surface area contributed by atoms with E-state index in [1.165, 1.54) is 4.90 Å². The van der Waals surface area contributed by atoms with Crippen molar-refractivity contribution in [3.05, 3.63) is 71.8 Å². The summed E-state index contributed by atoms with van der Waals surface area (Å²) in [5.41, 5.74) is 2.02. The van der Waals surface area contributed by atoms with E-state index in [2.05, 4.69) is 33.9 Å². The summed E-state index contributed by atoms with van der Waals surface area (Å²) in [6, 6.07) is 19.4. The van der Waals surface area contributed by atoms with Crippen molar-refractivity contribution in [3.8, 4) is 0 Å². The van der Waals surface area contributed by atoms with Gasteiger partial charge in [0.15, 0.2) is 8.32 Å². The molecule has 3 atom stereocenters. The van der Waals surface area contributed by atoms with Gasteiger partial charge in [-0.3, -0.25) is 4.79 Å². The minimum Gasteiger partial charge on any atom is -0.447 e. The van der Waals surface area contributed by atoms with Crippen LogP contribution in [-0.4, -0.2) is 37.9 Å². The number of amides is 2. The van der Waals surface area contributed by atoms with Crippen LogP contribution < -0.4 is 0 Å². The Kier molecular flexibility index (Phi) is 7.25. The van der Waals surface area contributed by atoms with Crippen molar-refractivity contribution in [1.29, 1.82) is 0 Å². The second-order valence-electron chi connectivity index (χ2n) is 10.1. The van der Waals surface area contributed by atoms with E-state index in [9.17, 15) is 9.59 Å². The van der Waals surface area contributed by atoms with Crippen molar-refractivity contribution in [2.75, 3.05) is 6.61 Å². The summed E-state index contributed by atoms with van der Waals surface area (Å²) in [5, 5.41) is -0.00871. The van der Waals surface area contributed by atoms with Gasteiger partial charge in [-0.1, -0.05) is 88.4 Å². The van der Waals surface area contributed by atoms with Gasteiger partial charge in [-0.25, -0.2) is 9.69 Å². The molecule has 2 aromatic carbocycles. The summed E-state index contributed by atoms with van der Waals surface area (Å²) in [6.07, 6.45) is -0.429. The fourth-order valence-electron chi connectivity index (χ4n) is 3.71. The number of carbonyl (C=O) groups excluding carboxylic acids is 2. The Labute approximate surface area is 192 Å². The van der Waals surface area contributed by atoms with Crippen LogP contribution in [0.2, 0.25) is 18.1 Å². The molecule has 1 heterocycles. The van der Waals surface area contributed by atoms with E-state index < -0.39 is 26.4 Å². The average Bonchev–Trinajstić information content (AvgIpc) is 3.11. The van der Waals surface area contributed by atoms with Gasteiger partial charge in [-0.2, -0.15) is 0 Å². The standard InChI is InChI=1S/C26H35NO4Si/c1-19(23(21-15-11-8-12-16-21)31-32(5,6)26(2,3)4)24(28)27-22(18-30-25(27)29)17-20-13-9-7-10-14-20/h7-16,19,22-23H,17-18H2,1-6H3/t19-,22+,23-/m1/s1. The van der Waals surface area contributed by atoms with Crippen molar-refractivity contribution in [3.63, 3.8) is 0 Å². The molecule has 32 heavy (non-hydrogen) atoms. The van der Waals surface area contributed by atoms with Crippen molar-refractivity contribution >= 4 is 20.3 Å². The Morgan fingerprint density at radius 1 is 1.09 bits per heavy atom. The number of ether oxygens (including phenoxy) is 1. The van der Waals surface area contributed by atoms with E-state index in [1.807, 2.05) is 67.6 Å². The molecule has 0 N–H and O–H groups in total. The molecule has 0 radical (unpaired) electrons. The van der Waals surface area contributed by atoms with Crippen LogP contribution in [-0.2, 0) is 20.4 Å². The highest BCUT2D eigenvalue weighted by Gasteiger charge is 2.45. The molecule has 1 fully saturated rings. The van der Waals surface area contributed by atoms with E-state index >= 15 is 0 Å². The molecule has 0 aromatic heterocycles. The predicted molar refractivity (Wildman–Crippen MR) is 129 cm³/mol. The summed E-state index contributed by atoms with van der Waals surface area (Å²) in [7, 11) is -2.18. The van der Waals surface area contributed by atoms with Gasteiger partial charge in [0, 0.05) is 0 Å². The zero-order valence-electron chi connectivity index (χ0n) is 20.0. The minimum absolute atomic E-state index is 0.00871. The van der Waals surface area contributed by atoms with Crippen molar-refractivity contribution in [2.45, 2.75) is 64.4 Å². The fourth-order valence-corrected chi connectivity index (χ4v) is 5.04. The zero-order chi connectivity index (χ0) is 23.5. The quantitative estimate of drug-likeness (QED) is 0.484. The van der Waals surface area contributed by atoms with Crippen LogP contribution in [0.15, 0.2) is 60.7 Å². The normalized spacial score (nSPS) is 18.9. The molecular weight excluding hydrogens is 418 g/mol. The lowest BCUT2D eigenvalue weighted by molar-refractivity contribution is -0.136. The third-order valence-corrected chi connectivity index (χ3v) is 11.2. The Balaban J connectivity index is 1.88. The molecule has 6 heteroatoms.